The molecule has 2 heterocycles. The van der Waals surface area contributed by atoms with E-state index in [1.807, 2.05) is 18.5 Å². The Balaban J connectivity index is 1.97. The molecule has 22 heavy (non-hydrogen) atoms. The van der Waals surface area contributed by atoms with Crippen LogP contribution in [0.3, 0.4) is 0 Å². The Kier molecular flexibility index (Phi) is 4.49. The van der Waals surface area contributed by atoms with Crippen LogP contribution in [-0.2, 0) is 0 Å². The normalized spacial score (nSPS) is 10.6. The summed E-state index contributed by atoms with van der Waals surface area (Å²) in [5.74, 6) is 0. The van der Waals surface area contributed by atoms with Gasteiger partial charge >= 0.3 is 0 Å². The van der Waals surface area contributed by atoms with Crippen LogP contribution in [0.4, 0.5) is 5.13 Å². The molecule has 0 radical (unpaired) electrons. The smallest absolute Gasteiger partial charge is 0.183 e. The van der Waals surface area contributed by atoms with Gasteiger partial charge in [-0.15, -0.1) is 0 Å². The number of rotatable bonds is 5. The van der Waals surface area contributed by atoms with Crippen molar-refractivity contribution in [1.29, 1.82) is 0 Å². The molecule has 0 amide bonds. The molecule has 0 unspecified atom stereocenters. The van der Waals surface area contributed by atoms with Gasteiger partial charge in [0.05, 0.1) is 10.6 Å². The van der Waals surface area contributed by atoms with Crippen molar-refractivity contribution in [1.82, 2.24) is 9.97 Å². The van der Waals surface area contributed by atoms with Gasteiger partial charge < -0.3 is 5.32 Å². The Labute approximate surface area is 135 Å². The molecule has 3 nitrogen and oxygen atoms in total. The minimum Gasteiger partial charge on any atom is -0.362 e. The van der Waals surface area contributed by atoms with E-state index in [2.05, 4.69) is 59.5 Å². The van der Waals surface area contributed by atoms with E-state index in [0.717, 1.165) is 39.8 Å². The third-order valence-corrected chi connectivity index (χ3v) is 4.42. The standard InChI is InChI=1S/C18H19N3S/c1-3-10-20-18-21-12-16(22-18)15-5-4-11-19-17(15)14-8-6-13(2)7-9-14/h4-9,11-12H,3,10H2,1-2H3,(H,20,21). The van der Waals surface area contributed by atoms with Crippen LogP contribution in [0.25, 0.3) is 21.7 Å². The second-order valence-corrected chi connectivity index (χ2v) is 6.25. The fourth-order valence-corrected chi connectivity index (χ4v) is 3.13. The first-order chi connectivity index (χ1) is 10.8. The molecule has 0 atom stereocenters. The van der Waals surface area contributed by atoms with Crippen molar-refractivity contribution in [3.63, 3.8) is 0 Å². The highest BCUT2D eigenvalue weighted by atomic mass is 32.1. The van der Waals surface area contributed by atoms with Crippen molar-refractivity contribution in [2.24, 2.45) is 0 Å². The molecule has 0 saturated carbocycles. The maximum atomic E-state index is 4.58. The van der Waals surface area contributed by atoms with Crippen LogP contribution in [-0.4, -0.2) is 16.5 Å². The molecule has 0 spiro atoms. The molecule has 0 aliphatic heterocycles. The Morgan fingerprint density at radius 2 is 1.91 bits per heavy atom. The van der Waals surface area contributed by atoms with Crippen LogP contribution < -0.4 is 5.32 Å². The first kappa shape index (κ1) is 14.7. The minimum atomic E-state index is 0.949. The zero-order valence-electron chi connectivity index (χ0n) is 12.8. The lowest BCUT2D eigenvalue weighted by atomic mass is 10.0. The van der Waals surface area contributed by atoms with Crippen molar-refractivity contribution in [3.05, 3.63) is 54.4 Å². The largest absolute Gasteiger partial charge is 0.362 e. The molecular weight excluding hydrogens is 290 g/mol. The molecule has 4 heteroatoms. The molecule has 0 aliphatic carbocycles. The van der Waals surface area contributed by atoms with Crippen molar-refractivity contribution >= 4 is 16.5 Å². The zero-order valence-corrected chi connectivity index (χ0v) is 13.7. The molecule has 0 aliphatic rings. The van der Waals surface area contributed by atoms with Crippen LogP contribution in [0.1, 0.15) is 18.9 Å². The van der Waals surface area contributed by atoms with E-state index >= 15 is 0 Å². The molecular formula is C18H19N3S. The number of thiazole rings is 1. The summed E-state index contributed by atoms with van der Waals surface area (Å²) >= 11 is 1.68. The predicted octanol–water partition coefficient (Wildman–Crippen LogP) is 5.00. The summed E-state index contributed by atoms with van der Waals surface area (Å²) in [6.07, 6.45) is 4.86. The van der Waals surface area contributed by atoms with Crippen LogP contribution >= 0.6 is 11.3 Å². The number of nitrogens with one attached hydrogen (secondary N) is 1. The van der Waals surface area contributed by atoms with Gasteiger partial charge in [0.2, 0.25) is 0 Å². The number of nitrogens with zero attached hydrogens (tertiary/aromatic N) is 2. The highest BCUT2D eigenvalue weighted by molar-refractivity contribution is 7.18. The second-order valence-electron chi connectivity index (χ2n) is 5.22. The summed E-state index contributed by atoms with van der Waals surface area (Å²) in [5, 5.41) is 4.31. The second kappa shape index (κ2) is 6.71. The lowest BCUT2D eigenvalue weighted by Gasteiger charge is -2.07. The van der Waals surface area contributed by atoms with E-state index < -0.39 is 0 Å². The fraction of sp³-hybridized carbons (Fsp3) is 0.222. The lowest BCUT2D eigenvalue weighted by molar-refractivity contribution is 0.976. The molecule has 0 fully saturated rings. The van der Waals surface area contributed by atoms with Crippen molar-refractivity contribution in [2.45, 2.75) is 20.3 Å². The van der Waals surface area contributed by atoms with E-state index in [1.54, 1.807) is 11.3 Å². The molecule has 112 valence electrons. The number of benzene rings is 1. The number of pyridine rings is 1. The van der Waals surface area contributed by atoms with E-state index in [0.29, 0.717) is 0 Å². The van der Waals surface area contributed by atoms with Crippen LogP contribution in [0.5, 0.6) is 0 Å². The molecule has 0 bridgehead atoms. The topological polar surface area (TPSA) is 37.8 Å². The Hall–Kier alpha value is -2.20. The molecule has 1 aromatic carbocycles. The monoisotopic (exact) mass is 309 g/mol. The van der Waals surface area contributed by atoms with Gasteiger partial charge in [-0.25, -0.2) is 4.98 Å². The van der Waals surface area contributed by atoms with Gasteiger partial charge in [0, 0.05) is 30.1 Å². The quantitative estimate of drug-likeness (QED) is 0.720. The maximum Gasteiger partial charge on any atom is 0.183 e. The fourth-order valence-electron chi connectivity index (χ4n) is 2.26. The van der Waals surface area contributed by atoms with Gasteiger partial charge in [-0.2, -0.15) is 0 Å². The average Bonchev–Trinajstić information content (AvgIpc) is 3.02. The molecule has 0 saturated heterocycles. The average molecular weight is 309 g/mol. The van der Waals surface area contributed by atoms with E-state index in [9.17, 15) is 0 Å². The number of anilines is 1. The van der Waals surface area contributed by atoms with Gasteiger partial charge in [-0.3, -0.25) is 4.98 Å². The first-order valence-electron chi connectivity index (χ1n) is 7.50. The Morgan fingerprint density at radius 3 is 2.68 bits per heavy atom. The number of aromatic nitrogens is 2. The lowest BCUT2D eigenvalue weighted by Crippen LogP contribution is -1.97. The van der Waals surface area contributed by atoms with Gasteiger partial charge in [0.25, 0.3) is 0 Å². The van der Waals surface area contributed by atoms with E-state index in [1.165, 1.54) is 5.56 Å². The summed E-state index contributed by atoms with van der Waals surface area (Å²) < 4.78 is 0. The van der Waals surface area contributed by atoms with Gasteiger partial charge in [0.1, 0.15) is 0 Å². The highest BCUT2D eigenvalue weighted by Crippen LogP contribution is 2.35. The van der Waals surface area contributed by atoms with Crippen LogP contribution in [0, 0.1) is 6.92 Å². The van der Waals surface area contributed by atoms with Gasteiger partial charge in [-0.1, -0.05) is 48.1 Å². The summed E-state index contributed by atoms with van der Waals surface area (Å²) in [7, 11) is 0. The first-order valence-corrected chi connectivity index (χ1v) is 8.31. The van der Waals surface area contributed by atoms with Crippen molar-refractivity contribution in [2.75, 3.05) is 11.9 Å². The number of aryl methyl sites for hydroxylation is 1. The third-order valence-electron chi connectivity index (χ3n) is 3.43. The number of hydrogen-bond acceptors (Lipinski definition) is 4. The molecule has 2 aromatic heterocycles. The summed E-state index contributed by atoms with van der Waals surface area (Å²) in [5.41, 5.74) is 4.53. The van der Waals surface area contributed by atoms with E-state index in [4.69, 9.17) is 0 Å². The molecule has 3 rings (SSSR count). The Bertz CT molecular complexity index is 747. The van der Waals surface area contributed by atoms with Crippen LogP contribution in [0.15, 0.2) is 48.8 Å². The highest BCUT2D eigenvalue weighted by Gasteiger charge is 2.11. The summed E-state index contributed by atoms with van der Waals surface area (Å²) in [4.78, 5) is 10.2. The summed E-state index contributed by atoms with van der Waals surface area (Å²) in [6, 6.07) is 12.6. The van der Waals surface area contributed by atoms with Gasteiger partial charge in [-0.05, 0) is 25.5 Å². The maximum absolute atomic E-state index is 4.58. The zero-order chi connectivity index (χ0) is 15.4. The Morgan fingerprint density at radius 1 is 1.09 bits per heavy atom. The SMILES string of the molecule is CCCNc1ncc(-c2cccnc2-c2ccc(C)cc2)s1. The molecule has 1 N–H and O–H groups in total. The van der Waals surface area contributed by atoms with Crippen LogP contribution in [0.2, 0.25) is 0 Å². The number of hydrogen-bond donors (Lipinski definition) is 1. The van der Waals surface area contributed by atoms with Crippen molar-refractivity contribution in [3.8, 4) is 21.7 Å². The van der Waals surface area contributed by atoms with E-state index in [-0.39, 0.29) is 0 Å². The molecule has 3 aromatic rings. The predicted molar refractivity (Wildman–Crippen MR) is 94.3 cm³/mol. The van der Waals surface area contributed by atoms with Gasteiger partial charge in [0.15, 0.2) is 5.13 Å². The minimum absolute atomic E-state index is 0.949. The van der Waals surface area contributed by atoms with Crippen molar-refractivity contribution < 1.29 is 0 Å². The third kappa shape index (κ3) is 3.17. The summed E-state index contributed by atoms with van der Waals surface area (Å²) in [6.45, 7) is 5.20.